The molecule has 2 N–H and O–H groups in total. The number of carboxylic acids is 1. The molecule has 0 saturated carbocycles. The molecule has 9 heteroatoms. The fourth-order valence-electron chi connectivity index (χ4n) is 3.66. The second-order valence-corrected chi connectivity index (χ2v) is 8.95. The largest absolute Gasteiger partial charge is 0.493 e. The second-order valence-electron chi connectivity index (χ2n) is 7.32. The van der Waals surface area contributed by atoms with Gasteiger partial charge in [0.1, 0.15) is 29.3 Å². The van der Waals surface area contributed by atoms with Crippen molar-refractivity contribution in [3.63, 3.8) is 0 Å². The molecule has 4 aromatic rings. The Morgan fingerprint density at radius 3 is 2.82 bits per heavy atom. The molecule has 0 unspecified atom stereocenters. The summed E-state index contributed by atoms with van der Waals surface area (Å²) < 4.78 is 20.2. The quantitative estimate of drug-likeness (QED) is 0.308. The summed E-state index contributed by atoms with van der Waals surface area (Å²) in [7, 11) is 0. The lowest BCUT2D eigenvalue weighted by Gasteiger charge is -2.11. The highest BCUT2D eigenvalue weighted by Gasteiger charge is 2.15. The average molecular weight is 486 g/mol. The zero-order valence-electron chi connectivity index (χ0n) is 18.0. The van der Waals surface area contributed by atoms with Crippen LogP contribution < -0.4 is 10.1 Å². The monoisotopic (exact) mass is 485 g/mol. The Morgan fingerprint density at radius 2 is 2.06 bits per heavy atom. The highest BCUT2D eigenvalue weighted by molar-refractivity contribution is 7.19. The average Bonchev–Trinajstić information content (AvgIpc) is 3.10. The van der Waals surface area contributed by atoms with Crippen molar-refractivity contribution < 1.29 is 19.0 Å². The number of hydrogen-bond acceptors (Lipinski definition) is 6. The molecule has 2 aromatic carbocycles. The number of fused-ring (bicyclic) bond motifs is 1. The lowest BCUT2D eigenvalue weighted by molar-refractivity contribution is 0.0692. The molecule has 4 rings (SSSR count). The van der Waals surface area contributed by atoms with Gasteiger partial charge in [-0.2, -0.15) is 0 Å². The fourth-order valence-corrected chi connectivity index (χ4v) is 5.08. The Kier molecular flexibility index (Phi) is 6.76. The van der Waals surface area contributed by atoms with Gasteiger partial charge in [-0.25, -0.2) is 19.2 Å². The highest BCUT2D eigenvalue weighted by atomic mass is 35.5. The van der Waals surface area contributed by atoms with Crippen LogP contribution in [0.15, 0.2) is 42.7 Å². The maximum absolute atomic E-state index is 13.9. The minimum absolute atomic E-state index is 0.0999. The predicted octanol–water partition coefficient (Wildman–Crippen LogP) is 6.21. The van der Waals surface area contributed by atoms with Gasteiger partial charge in [0.15, 0.2) is 0 Å². The standard InChI is InChI=1S/C24H21ClFN3O3S/c1-3-32-21-8-14(4-5-17(21)24(30)31)20-11-22(29-12-28-20)27-7-6-16-13(2)33-23-18(16)9-15(26)10-19(23)25/h4-5,8-12H,3,6-7H2,1-2H3,(H,30,31)(H,27,28,29). The maximum Gasteiger partial charge on any atom is 0.339 e. The van der Waals surface area contributed by atoms with E-state index in [0.29, 0.717) is 41.9 Å². The number of aromatic carboxylic acids is 1. The van der Waals surface area contributed by atoms with Gasteiger partial charge >= 0.3 is 5.97 Å². The molecule has 2 heterocycles. The number of aromatic nitrogens is 2. The SMILES string of the molecule is CCOc1cc(-c2cc(NCCc3c(C)sc4c(Cl)cc(F)cc34)ncn2)ccc1C(=O)O. The number of halogens is 2. The van der Waals surface area contributed by atoms with Crippen LogP contribution in [0.25, 0.3) is 21.3 Å². The third-order valence-electron chi connectivity index (χ3n) is 5.17. The summed E-state index contributed by atoms with van der Waals surface area (Å²) in [5, 5.41) is 13.9. The number of hydrogen-bond donors (Lipinski definition) is 2. The first kappa shape index (κ1) is 22.9. The van der Waals surface area contributed by atoms with E-state index in [1.54, 1.807) is 36.5 Å². The Morgan fingerprint density at radius 1 is 1.24 bits per heavy atom. The molecule has 0 aliphatic heterocycles. The van der Waals surface area contributed by atoms with E-state index in [0.717, 1.165) is 26.1 Å². The number of anilines is 1. The summed E-state index contributed by atoms with van der Waals surface area (Å²) in [4.78, 5) is 21.1. The van der Waals surface area contributed by atoms with Crippen LogP contribution in [0.2, 0.25) is 5.02 Å². The van der Waals surface area contributed by atoms with Crippen LogP contribution in [0.1, 0.15) is 27.7 Å². The van der Waals surface area contributed by atoms with Crippen molar-refractivity contribution in [1.29, 1.82) is 0 Å². The van der Waals surface area contributed by atoms with Gasteiger partial charge in [-0.3, -0.25) is 0 Å². The van der Waals surface area contributed by atoms with E-state index >= 15 is 0 Å². The van der Waals surface area contributed by atoms with E-state index < -0.39 is 5.97 Å². The number of nitrogens with zero attached hydrogens (tertiary/aromatic N) is 2. The van der Waals surface area contributed by atoms with Crippen LogP contribution in [0.3, 0.4) is 0 Å². The van der Waals surface area contributed by atoms with Crippen molar-refractivity contribution in [3.05, 3.63) is 69.6 Å². The van der Waals surface area contributed by atoms with E-state index in [4.69, 9.17) is 16.3 Å². The van der Waals surface area contributed by atoms with E-state index in [1.807, 2.05) is 6.92 Å². The summed E-state index contributed by atoms with van der Waals surface area (Å²) >= 11 is 7.77. The minimum Gasteiger partial charge on any atom is -0.493 e. The number of carboxylic acid groups (broad SMARTS) is 1. The molecule has 170 valence electrons. The molecular weight excluding hydrogens is 465 g/mol. The maximum atomic E-state index is 13.9. The fraction of sp³-hybridized carbons (Fsp3) is 0.208. The number of thiophene rings is 1. The van der Waals surface area contributed by atoms with Gasteiger partial charge in [0.2, 0.25) is 0 Å². The molecule has 0 fully saturated rings. The molecule has 33 heavy (non-hydrogen) atoms. The first-order valence-electron chi connectivity index (χ1n) is 10.3. The molecule has 2 aromatic heterocycles. The van der Waals surface area contributed by atoms with Crippen molar-refractivity contribution >= 4 is 44.8 Å². The summed E-state index contributed by atoms with van der Waals surface area (Å²) in [6, 6.07) is 9.52. The molecule has 0 amide bonds. The van der Waals surface area contributed by atoms with Crippen LogP contribution in [-0.4, -0.2) is 34.2 Å². The Hall–Kier alpha value is -3.23. The minimum atomic E-state index is -1.05. The Balaban J connectivity index is 1.52. The third kappa shape index (κ3) is 4.91. The summed E-state index contributed by atoms with van der Waals surface area (Å²) in [6.07, 6.45) is 2.12. The lowest BCUT2D eigenvalue weighted by Crippen LogP contribution is -2.07. The normalized spacial score (nSPS) is 11.0. The molecule has 0 spiro atoms. The Bertz CT molecular complexity index is 1340. The first-order valence-corrected chi connectivity index (χ1v) is 11.5. The number of benzene rings is 2. The number of aryl methyl sites for hydroxylation is 1. The molecule has 0 radical (unpaired) electrons. The van der Waals surface area contributed by atoms with Gasteiger partial charge in [0.25, 0.3) is 0 Å². The van der Waals surface area contributed by atoms with Crippen LogP contribution >= 0.6 is 22.9 Å². The summed E-state index contributed by atoms with van der Waals surface area (Å²) in [6.45, 7) is 4.74. The van der Waals surface area contributed by atoms with Crippen molar-refractivity contribution in [3.8, 4) is 17.0 Å². The molecule has 0 aliphatic carbocycles. The van der Waals surface area contributed by atoms with Gasteiger partial charge in [0.05, 0.1) is 22.0 Å². The summed E-state index contributed by atoms with van der Waals surface area (Å²) in [5.74, 6) is -0.476. The third-order valence-corrected chi connectivity index (χ3v) is 6.78. The first-order chi connectivity index (χ1) is 15.9. The lowest BCUT2D eigenvalue weighted by atomic mass is 10.1. The van der Waals surface area contributed by atoms with Crippen LogP contribution in [0.5, 0.6) is 5.75 Å². The number of nitrogens with one attached hydrogen (secondary N) is 1. The zero-order valence-corrected chi connectivity index (χ0v) is 19.6. The van der Waals surface area contributed by atoms with Crippen molar-refractivity contribution in [1.82, 2.24) is 9.97 Å². The molecule has 0 atom stereocenters. The number of carbonyl (C=O) groups is 1. The van der Waals surface area contributed by atoms with Gasteiger partial charge < -0.3 is 15.2 Å². The van der Waals surface area contributed by atoms with Crippen molar-refractivity contribution in [2.75, 3.05) is 18.5 Å². The number of ether oxygens (including phenoxy) is 1. The van der Waals surface area contributed by atoms with E-state index in [9.17, 15) is 14.3 Å². The van der Waals surface area contributed by atoms with E-state index in [-0.39, 0.29) is 11.4 Å². The second kappa shape index (κ2) is 9.72. The smallest absolute Gasteiger partial charge is 0.339 e. The molecule has 0 bridgehead atoms. The van der Waals surface area contributed by atoms with Gasteiger partial charge in [-0.1, -0.05) is 17.7 Å². The van der Waals surface area contributed by atoms with Gasteiger partial charge in [-0.15, -0.1) is 11.3 Å². The molecule has 6 nitrogen and oxygen atoms in total. The van der Waals surface area contributed by atoms with Crippen LogP contribution in [0, 0.1) is 12.7 Å². The van der Waals surface area contributed by atoms with E-state index in [2.05, 4.69) is 15.3 Å². The summed E-state index contributed by atoms with van der Waals surface area (Å²) in [5.41, 5.74) is 2.52. The Labute approximate surface area is 199 Å². The van der Waals surface area contributed by atoms with E-state index in [1.165, 1.54) is 24.5 Å². The zero-order chi connectivity index (χ0) is 23.5. The topological polar surface area (TPSA) is 84.3 Å². The highest BCUT2D eigenvalue weighted by Crippen LogP contribution is 2.36. The van der Waals surface area contributed by atoms with Crippen LogP contribution in [0.4, 0.5) is 10.2 Å². The van der Waals surface area contributed by atoms with Crippen LogP contribution in [-0.2, 0) is 6.42 Å². The van der Waals surface area contributed by atoms with Crippen molar-refractivity contribution in [2.45, 2.75) is 20.3 Å². The number of rotatable bonds is 8. The molecule has 0 aliphatic rings. The molecular formula is C24H21ClFN3O3S. The van der Waals surface area contributed by atoms with Gasteiger partial charge in [0, 0.05) is 28.4 Å². The molecule has 0 saturated heterocycles. The predicted molar refractivity (Wildman–Crippen MR) is 129 cm³/mol. The van der Waals surface area contributed by atoms with Gasteiger partial charge in [-0.05, 0) is 50.1 Å². The van der Waals surface area contributed by atoms with Crippen molar-refractivity contribution in [2.24, 2.45) is 0 Å².